The lowest BCUT2D eigenvalue weighted by Crippen LogP contribution is -2.49. The predicted octanol–water partition coefficient (Wildman–Crippen LogP) is 0.602. The average Bonchev–Trinajstić information content (AvgIpc) is 3.13. The Morgan fingerprint density at radius 3 is 2.75 bits per heavy atom. The SMILES string of the molecule is O=C1CN(S(=O)(=O)c2cn(Cc3ccc(F)cc3F)c3cnc(C(=O)NO)cc23)CCN1. The van der Waals surface area contributed by atoms with Crippen LogP contribution in [0.1, 0.15) is 16.1 Å². The summed E-state index contributed by atoms with van der Waals surface area (Å²) in [6, 6.07) is 4.21. The Kier molecular flexibility index (Phi) is 5.62. The molecule has 2 aromatic heterocycles. The summed E-state index contributed by atoms with van der Waals surface area (Å²) in [5.41, 5.74) is 1.53. The summed E-state index contributed by atoms with van der Waals surface area (Å²) in [4.78, 5) is 27.2. The van der Waals surface area contributed by atoms with Crippen molar-refractivity contribution in [3.8, 4) is 0 Å². The van der Waals surface area contributed by atoms with E-state index in [1.807, 2.05) is 0 Å². The maximum absolute atomic E-state index is 14.2. The minimum Gasteiger partial charge on any atom is -0.354 e. The molecule has 1 aromatic carbocycles. The van der Waals surface area contributed by atoms with E-state index < -0.39 is 33.5 Å². The molecule has 0 spiro atoms. The molecule has 1 fully saturated rings. The number of fused-ring (bicyclic) bond motifs is 1. The van der Waals surface area contributed by atoms with Crippen LogP contribution in [-0.2, 0) is 21.4 Å². The van der Waals surface area contributed by atoms with Gasteiger partial charge < -0.3 is 9.88 Å². The summed E-state index contributed by atoms with van der Waals surface area (Å²) in [6.45, 7) is -0.345. The van der Waals surface area contributed by atoms with Crippen LogP contribution in [0.5, 0.6) is 0 Å². The molecule has 0 radical (unpaired) electrons. The second-order valence-corrected chi connectivity index (χ2v) is 8.98. The molecule has 3 heterocycles. The molecule has 13 heteroatoms. The number of pyridine rings is 1. The van der Waals surface area contributed by atoms with Gasteiger partial charge in [-0.15, -0.1) is 0 Å². The Labute approximate surface area is 180 Å². The van der Waals surface area contributed by atoms with Crippen molar-refractivity contribution < 1.29 is 32.0 Å². The number of sulfonamides is 1. The molecule has 0 bridgehead atoms. The molecule has 3 aromatic rings. The Balaban J connectivity index is 1.87. The lowest BCUT2D eigenvalue weighted by Gasteiger charge is -2.25. The number of benzene rings is 1. The fourth-order valence-electron chi connectivity index (χ4n) is 3.47. The number of carbonyl (C=O) groups excluding carboxylic acids is 2. The molecule has 0 unspecified atom stereocenters. The van der Waals surface area contributed by atoms with Gasteiger partial charge in [-0.3, -0.25) is 14.8 Å². The normalized spacial score (nSPS) is 15.0. The van der Waals surface area contributed by atoms with E-state index >= 15 is 0 Å². The van der Waals surface area contributed by atoms with E-state index in [1.165, 1.54) is 34.6 Å². The summed E-state index contributed by atoms with van der Waals surface area (Å²) in [5, 5.41) is 11.5. The largest absolute Gasteiger partial charge is 0.354 e. The van der Waals surface area contributed by atoms with Crippen molar-refractivity contribution >= 4 is 32.7 Å². The van der Waals surface area contributed by atoms with Gasteiger partial charge in [-0.25, -0.2) is 27.7 Å². The van der Waals surface area contributed by atoms with Crippen LogP contribution in [0.3, 0.4) is 0 Å². The Bertz CT molecular complexity index is 1340. The molecule has 32 heavy (non-hydrogen) atoms. The van der Waals surface area contributed by atoms with Gasteiger partial charge in [0.25, 0.3) is 5.91 Å². The zero-order chi connectivity index (χ0) is 23.0. The number of aromatic nitrogens is 2. The third kappa shape index (κ3) is 3.92. The van der Waals surface area contributed by atoms with Crippen LogP contribution in [0.15, 0.2) is 41.6 Å². The first kappa shape index (κ1) is 21.8. The van der Waals surface area contributed by atoms with Crippen LogP contribution in [0, 0.1) is 11.6 Å². The van der Waals surface area contributed by atoms with Crippen LogP contribution in [0.4, 0.5) is 8.78 Å². The molecule has 0 aliphatic carbocycles. The van der Waals surface area contributed by atoms with E-state index in [-0.39, 0.29) is 53.2 Å². The van der Waals surface area contributed by atoms with Gasteiger partial charge in [0.05, 0.1) is 24.8 Å². The molecule has 168 valence electrons. The number of rotatable bonds is 5. The van der Waals surface area contributed by atoms with Gasteiger partial charge in [0, 0.05) is 36.3 Å². The third-order valence-electron chi connectivity index (χ3n) is 5.04. The van der Waals surface area contributed by atoms with Crippen LogP contribution < -0.4 is 10.8 Å². The lowest BCUT2D eigenvalue weighted by molar-refractivity contribution is -0.122. The Hall–Kier alpha value is -3.42. The first-order chi connectivity index (χ1) is 15.2. The Morgan fingerprint density at radius 1 is 1.28 bits per heavy atom. The molecule has 1 saturated heterocycles. The molecule has 2 amide bonds. The highest BCUT2D eigenvalue weighted by molar-refractivity contribution is 7.89. The number of amides is 2. The monoisotopic (exact) mass is 465 g/mol. The van der Waals surface area contributed by atoms with Crippen molar-refractivity contribution in [2.75, 3.05) is 19.6 Å². The van der Waals surface area contributed by atoms with Crippen molar-refractivity contribution in [3.05, 3.63) is 59.6 Å². The second-order valence-electron chi connectivity index (χ2n) is 7.07. The number of hydrogen-bond donors (Lipinski definition) is 3. The highest BCUT2D eigenvalue weighted by Crippen LogP contribution is 2.29. The van der Waals surface area contributed by atoms with Gasteiger partial charge in [0.1, 0.15) is 22.2 Å². The van der Waals surface area contributed by atoms with Gasteiger partial charge >= 0.3 is 0 Å². The number of carbonyl (C=O) groups is 2. The minimum absolute atomic E-state index is 0.0441. The first-order valence-corrected chi connectivity index (χ1v) is 10.8. The molecule has 0 saturated carbocycles. The van der Waals surface area contributed by atoms with E-state index in [1.54, 1.807) is 0 Å². The van der Waals surface area contributed by atoms with Crippen LogP contribution in [0.25, 0.3) is 10.9 Å². The maximum Gasteiger partial charge on any atom is 0.293 e. The fraction of sp³-hybridized carbons (Fsp3) is 0.211. The van der Waals surface area contributed by atoms with Gasteiger partial charge in [-0.1, -0.05) is 6.07 Å². The number of nitrogens with one attached hydrogen (secondary N) is 2. The van der Waals surface area contributed by atoms with Crippen molar-refractivity contribution in [2.24, 2.45) is 0 Å². The molecule has 4 rings (SSSR count). The topological polar surface area (TPSA) is 134 Å². The average molecular weight is 465 g/mol. The molecular weight excluding hydrogens is 448 g/mol. The molecule has 3 N–H and O–H groups in total. The molecule has 1 aliphatic heterocycles. The Morgan fingerprint density at radius 2 is 2.06 bits per heavy atom. The van der Waals surface area contributed by atoms with E-state index in [4.69, 9.17) is 5.21 Å². The van der Waals surface area contributed by atoms with Crippen molar-refractivity contribution in [2.45, 2.75) is 11.4 Å². The van der Waals surface area contributed by atoms with E-state index in [2.05, 4.69) is 10.3 Å². The van der Waals surface area contributed by atoms with Gasteiger partial charge in [0.15, 0.2) is 0 Å². The molecule has 10 nitrogen and oxygen atoms in total. The summed E-state index contributed by atoms with van der Waals surface area (Å²) in [5.74, 6) is -2.98. The summed E-state index contributed by atoms with van der Waals surface area (Å²) >= 11 is 0. The minimum atomic E-state index is -4.18. The van der Waals surface area contributed by atoms with E-state index in [9.17, 15) is 26.8 Å². The molecule has 0 atom stereocenters. The van der Waals surface area contributed by atoms with Gasteiger partial charge in [0.2, 0.25) is 15.9 Å². The highest BCUT2D eigenvalue weighted by atomic mass is 32.2. The number of hydroxylamine groups is 1. The maximum atomic E-state index is 14.2. The van der Waals surface area contributed by atoms with E-state index in [0.717, 1.165) is 10.4 Å². The number of halogens is 2. The van der Waals surface area contributed by atoms with Crippen LogP contribution >= 0.6 is 0 Å². The number of nitrogens with zero attached hydrogens (tertiary/aromatic N) is 3. The summed E-state index contributed by atoms with van der Waals surface area (Å²) in [6.07, 6.45) is 2.46. The first-order valence-electron chi connectivity index (χ1n) is 9.35. The summed E-state index contributed by atoms with van der Waals surface area (Å²) in [7, 11) is -4.18. The van der Waals surface area contributed by atoms with Crippen molar-refractivity contribution in [1.29, 1.82) is 0 Å². The van der Waals surface area contributed by atoms with Gasteiger partial charge in [-0.05, 0) is 12.1 Å². The summed E-state index contributed by atoms with van der Waals surface area (Å²) < 4.78 is 56.5. The highest BCUT2D eigenvalue weighted by Gasteiger charge is 2.32. The van der Waals surface area contributed by atoms with Crippen LogP contribution in [-0.4, -0.2) is 58.9 Å². The quantitative estimate of drug-likeness (QED) is 0.373. The van der Waals surface area contributed by atoms with Crippen molar-refractivity contribution in [1.82, 2.24) is 24.7 Å². The lowest BCUT2D eigenvalue weighted by atomic mass is 10.2. The molecule has 1 aliphatic rings. The predicted molar refractivity (Wildman–Crippen MR) is 106 cm³/mol. The zero-order valence-corrected chi connectivity index (χ0v) is 17.2. The standard InChI is InChI=1S/C19H17F2N5O5S/c20-12-2-1-11(14(21)5-12)8-25-9-17(32(30,31)26-4-3-22-18(27)10-26)13-6-15(19(28)24-29)23-7-16(13)25/h1-2,5-7,9,29H,3-4,8,10H2,(H,22,27)(H,24,28). The number of piperazine rings is 1. The molecular formula is C19H17F2N5O5S. The second kappa shape index (κ2) is 8.26. The zero-order valence-electron chi connectivity index (χ0n) is 16.4. The third-order valence-corrected chi connectivity index (χ3v) is 6.91. The smallest absolute Gasteiger partial charge is 0.293 e. The fourth-order valence-corrected chi connectivity index (χ4v) is 5.06. The van der Waals surface area contributed by atoms with Gasteiger partial charge in [-0.2, -0.15) is 4.31 Å². The number of hydrogen-bond acceptors (Lipinski definition) is 6. The van der Waals surface area contributed by atoms with E-state index in [0.29, 0.717) is 6.07 Å². The van der Waals surface area contributed by atoms with Crippen molar-refractivity contribution in [3.63, 3.8) is 0 Å². The van der Waals surface area contributed by atoms with Crippen LogP contribution in [0.2, 0.25) is 0 Å².